The second-order valence-corrected chi connectivity index (χ2v) is 14.5. The lowest BCUT2D eigenvalue weighted by atomic mass is 9.87. The third-order valence-corrected chi connectivity index (χ3v) is 10.1. The van der Waals surface area contributed by atoms with E-state index in [9.17, 15) is 0 Å². The maximum atomic E-state index is 5.43. The third kappa shape index (κ3) is 5.52. The van der Waals surface area contributed by atoms with E-state index in [4.69, 9.17) is 4.98 Å². The SMILES string of the molecule is CC(C)(C)c1ccc(-n2c(-c3ccc(-c4ccc(-n5c6ccccc6c6ccccc65)cc4)cc3)nc(-c3ccccc3)c2-c2ccccc2)cc1. The average Bonchev–Trinajstić information content (AvgIpc) is 3.76. The number of hydrogen-bond acceptors (Lipinski definition) is 1. The van der Waals surface area contributed by atoms with Crippen LogP contribution in [0, 0.1) is 0 Å². The minimum Gasteiger partial charge on any atom is -0.309 e. The zero-order chi connectivity index (χ0) is 35.2. The molecule has 0 aliphatic carbocycles. The lowest BCUT2D eigenvalue weighted by Gasteiger charge is -2.20. The maximum absolute atomic E-state index is 5.43. The Morgan fingerprint density at radius 2 is 0.827 bits per heavy atom. The van der Waals surface area contributed by atoms with Crippen LogP contribution in [0.2, 0.25) is 0 Å². The number of nitrogens with zero attached hydrogens (tertiary/aromatic N) is 3. The molecule has 3 nitrogen and oxygen atoms in total. The molecule has 0 spiro atoms. The molecule has 2 aromatic heterocycles. The Morgan fingerprint density at radius 3 is 1.38 bits per heavy atom. The van der Waals surface area contributed by atoms with E-state index in [0.29, 0.717) is 0 Å². The summed E-state index contributed by atoms with van der Waals surface area (Å²) < 4.78 is 4.69. The van der Waals surface area contributed by atoms with E-state index in [1.165, 1.54) is 32.9 Å². The van der Waals surface area contributed by atoms with E-state index in [-0.39, 0.29) is 5.41 Å². The van der Waals surface area contributed by atoms with E-state index >= 15 is 0 Å². The highest BCUT2D eigenvalue weighted by molar-refractivity contribution is 6.09. The van der Waals surface area contributed by atoms with E-state index in [1.807, 2.05) is 0 Å². The number of benzene rings is 7. The van der Waals surface area contributed by atoms with Crippen molar-refractivity contribution in [3.05, 3.63) is 188 Å². The summed E-state index contributed by atoms with van der Waals surface area (Å²) in [6.07, 6.45) is 0. The standard InChI is InChI=1S/C49H39N3/c1-49(2,3)39-28-32-41(33-29-39)52-47(37-16-8-5-9-17-37)46(36-14-6-4-7-15-36)50-48(52)38-24-22-34(23-25-38)35-26-30-40(31-27-35)51-44-20-12-10-18-42(44)43-19-11-13-21-45(43)51/h4-33H,1-3H3. The van der Waals surface area contributed by atoms with E-state index in [2.05, 4.69) is 212 Å². The van der Waals surface area contributed by atoms with Crippen LogP contribution in [-0.2, 0) is 5.41 Å². The van der Waals surface area contributed by atoms with Gasteiger partial charge in [0.1, 0.15) is 5.82 Å². The topological polar surface area (TPSA) is 22.8 Å². The number of aromatic nitrogens is 3. The van der Waals surface area contributed by atoms with Gasteiger partial charge < -0.3 is 4.57 Å². The summed E-state index contributed by atoms with van der Waals surface area (Å²) in [6.45, 7) is 6.77. The first-order valence-corrected chi connectivity index (χ1v) is 18.0. The van der Waals surface area contributed by atoms with E-state index < -0.39 is 0 Å². The molecule has 9 rings (SSSR count). The molecule has 250 valence electrons. The molecule has 0 fully saturated rings. The Hall–Kier alpha value is -6.45. The second-order valence-electron chi connectivity index (χ2n) is 14.5. The molecule has 0 amide bonds. The van der Waals surface area contributed by atoms with Gasteiger partial charge in [-0.3, -0.25) is 4.57 Å². The monoisotopic (exact) mass is 669 g/mol. The first kappa shape index (κ1) is 31.5. The minimum atomic E-state index is 0.0608. The predicted molar refractivity (Wildman–Crippen MR) is 218 cm³/mol. The third-order valence-electron chi connectivity index (χ3n) is 10.1. The molecule has 0 aliphatic rings. The van der Waals surface area contributed by atoms with Crippen molar-refractivity contribution in [1.82, 2.24) is 14.1 Å². The highest BCUT2D eigenvalue weighted by Gasteiger charge is 2.23. The van der Waals surface area contributed by atoms with Crippen molar-refractivity contribution in [3.63, 3.8) is 0 Å². The van der Waals surface area contributed by atoms with Crippen molar-refractivity contribution in [3.8, 4) is 56.4 Å². The van der Waals surface area contributed by atoms with Crippen molar-refractivity contribution >= 4 is 21.8 Å². The quantitative estimate of drug-likeness (QED) is 0.173. The molecule has 0 N–H and O–H groups in total. The van der Waals surface area contributed by atoms with Gasteiger partial charge in [0, 0.05) is 38.8 Å². The summed E-state index contributed by atoms with van der Waals surface area (Å²) in [5.74, 6) is 0.912. The molecule has 52 heavy (non-hydrogen) atoms. The lowest BCUT2D eigenvalue weighted by molar-refractivity contribution is 0.590. The average molecular weight is 670 g/mol. The fraction of sp³-hybridized carbons (Fsp3) is 0.0816. The van der Waals surface area contributed by atoms with Gasteiger partial charge >= 0.3 is 0 Å². The molecule has 0 atom stereocenters. The van der Waals surface area contributed by atoms with Gasteiger partial charge in [0.15, 0.2) is 0 Å². The molecule has 0 bridgehead atoms. The second kappa shape index (κ2) is 12.7. The lowest BCUT2D eigenvalue weighted by Crippen LogP contribution is -2.11. The summed E-state index contributed by atoms with van der Waals surface area (Å²) in [5, 5.41) is 2.54. The highest BCUT2D eigenvalue weighted by Crippen LogP contribution is 2.40. The summed E-state index contributed by atoms with van der Waals surface area (Å²) >= 11 is 0. The van der Waals surface area contributed by atoms with E-state index in [0.717, 1.165) is 50.8 Å². The molecule has 0 radical (unpaired) electrons. The van der Waals surface area contributed by atoms with Crippen LogP contribution in [0.3, 0.4) is 0 Å². The van der Waals surface area contributed by atoms with Crippen LogP contribution in [0.4, 0.5) is 0 Å². The van der Waals surface area contributed by atoms with Crippen LogP contribution >= 0.6 is 0 Å². The molecule has 0 unspecified atom stereocenters. The van der Waals surface area contributed by atoms with Crippen molar-refractivity contribution in [2.45, 2.75) is 26.2 Å². The maximum Gasteiger partial charge on any atom is 0.145 e. The van der Waals surface area contributed by atoms with E-state index in [1.54, 1.807) is 0 Å². The number of hydrogen-bond donors (Lipinski definition) is 0. The van der Waals surface area contributed by atoms with Gasteiger partial charge in [0.05, 0.1) is 22.4 Å². The van der Waals surface area contributed by atoms with Gasteiger partial charge in [-0.15, -0.1) is 0 Å². The summed E-state index contributed by atoms with van der Waals surface area (Å²) in [5.41, 5.74) is 13.7. The first-order valence-electron chi connectivity index (χ1n) is 18.0. The van der Waals surface area contributed by atoms with Gasteiger partial charge in [0.25, 0.3) is 0 Å². The van der Waals surface area contributed by atoms with Crippen LogP contribution < -0.4 is 0 Å². The molecule has 9 aromatic rings. The fourth-order valence-electron chi connectivity index (χ4n) is 7.45. The zero-order valence-electron chi connectivity index (χ0n) is 29.7. The summed E-state index contributed by atoms with van der Waals surface area (Å²) in [6, 6.07) is 65.2. The number of para-hydroxylation sites is 2. The normalized spacial score (nSPS) is 11.8. The predicted octanol–water partition coefficient (Wildman–Crippen LogP) is 12.9. The number of fused-ring (bicyclic) bond motifs is 3. The Morgan fingerprint density at radius 1 is 0.385 bits per heavy atom. The molecule has 0 saturated heterocycles. The Bertz CT molecular complexity index is 2600. The number of imidazole rings is 1. The Labute approximate surface area is 305 Å². The summed E-state index contributed by atoms with van der Waals surface area (Å²) in [7, 11) is 0. The smallest absolute Gasteiger partial charge is 0.145 e. The molecule has 3 heteroatoms. The van der Waals surface area contributed by atoms with Gasteiger partial charge in [-0.25, -0.2) is 4.98 Å². The Kier molecular flexibility index (Phi) is 7.70. The molecular formula is C49H39N3. The summed E-state index contributed by atoms with van der Waals surface area (Å²) in [4.78, 5) is 5.43. The molecule has 2 heterocycles. The van der Waals surface area contributed by atoms with Crippen molar-refractivity contribution < 1.29 is 0 Å². The zero-order valence-corrected chi connectivity index (χ0v) is 29.7. The van der Waals surface area contributed by atoms with Gasteiger partial charge in [0.2, 0.25) is 0 Å². The van der Waals surface area contributed by atoms with Crippen molar-refractivity contribution in [2.75, 3.05) is 0 Å². The molecular weight excluding hydrogens is 631 g/mol. The molecule has 0 saturated carbocycles. The van der Waals surface area contributed by atoms with Crippen LogP contribution in [0.1, 0.15) is 26.3 Å². The van der Waals surface area contributed by atoms with Crippen molar-refractivity contribution in [1.29, 1.82) is 0 Å². The van der Waals surface area contributed by atoms with Crippen LogP contribution in [-0.4, -0.2) is 14.1 Å². The van der Waals surface area contributed by atoms with Gasteiger partial charge in [-0.05, 0) is 58.5 Å². The number of rotatable bonds is 6. The minimum absolute atomic E-state index is 0.0608. The van der Waals surface area contributed by atoms with Crippen LogP contribution in [0.15, 0.2) is 182 Å². The van der Waals surface area contributed by atoms with Crippen LogP contribution in [0.25, 0.3) is 78.2 Å². The molecule has 7 aromatic carbocycles. The first-order chi connectivity index (χ1) is 25.4. The van der Waals surface area contributed by atoms with Gasteiger partial charge in [-0.2, -0.15) is 0 Å². The van der Waals surface area contributed by atoms with Crippen molar-refractivity contribution in [2.24, 2.45) is 0 Å². The fourth-order valence-corrected chi connectivity index (χ4v) is 7.45. The van der Waals surface area contributed by atoms with Gasteiger partial charge in [-0.1, -0.05) is 166 Å². The highest BCUT2D eigenvalue weighted by atomic mass is 15.1. The largest absolute Gasteiger partial charge is 0.309 e. The van der Waals surface area contributed by atoms with Crippen LogP contribution in [0.5, 0.6) is 0 Å². The molecule has 0 aliphatic heterocycles. The Balaban J connectivity index is 1.14.